The molecule has 0 bridgehead atoms. The zero-order valence-electron chi connectivity index (χ0n) is 14.9. The van der Waals surface area contributed by atoms with Gasteiger partial charge in [-0.05, 0) is 59.1 Å². The number of thiophene rings is 2. The lowest BCUT2D eigenvalue weighted by molar-refractivity contribution is -0.117. The van der Waals surface area contributed by atoms with Crippen molar-refractivity contribution in [2.75, 3.05) is 18.4 Å². The number of rotatable bonds is 5. The van der Waals surface area contributed by atoms with E-state index in [4.69, 9.17) is 5.14 Å². The van der Waals surface area contributed by atoms with Gasteiger partial charge in [-0.3, -0.25) is 9.69 Å². The number of fused-ring (bicyclic) bond motifs is 1. The first-order valence-corrected chi connectivity index (χ1v) is 12.0. The molecule has 3 aromatic rings. The van der Waals surface area contributed by atoms with E-state index < -0.39 is 10.0 Å². The average molecular weight is 434 g/mol. The molecule has 9 heteroatoms. The van der Waals surface area contributed by atoms with Gasteiger partial charge in [-0.15, -0.1) is 22.7 Å². The van der Waals surface area contributed by atoms with E-state index in [0.29, 0.717) is 5.69 Å². The Balaban J connectivity index is 1.49. The van der Waals surface area contributed by atoms with E-state index in [1.54, 1.807) is 34.8 Å². The van der Waals surface area contributed by atoms with E-state index >= 15 is 0 Å². The molecule has 0 aliphatic carbocycles. The molecule has 2 aromatic heterocycles. The van der Waals surface area contributed by atoms with Crippen LogP contribution in [0.3, 0.4) is 0 Å². The predicted octanol–water partition coefficient (Wildman–Crippen LogP) is 3.04. The first kappa shape index (κ1) is 19.3. The summed E-state index contributed by atoms with van der Waals surface area (Å²) < 4.78 is 22.7. The SMILES string of the molecule is NS(=O)(=O)c1ccc(NC(=O)CN2CCc3sccc3C2c2cccs2)cc1. The zero-order valence-corrected chi connectivity index (χ0v) is 17.3. The summed E-state index contributed by atoms with van der Waals surface area (Å²) in [7, 11) is -3.74. The van der Waals surface area contributed by atoms with Crippen LogP contribution in [0.2, 0.25) is 0 Å². The van der Waals surface area contributed by atoms with Gasteiger partial charge in [0.15, 0.2) is 0 Å². The Hall–Kier alpha value is -2.04. The summed E-state index contributed by atoms with van der Waals surface area (Å²) >= 11 is 3.47. The highest BCUT2D eigenvalue weighted by Crippen LogP contribution is 2.39. The van der Waals surface area contributed by atoms with Crippen molar-refractivity contribution in [3.8, 4) is 0 Å². The number of sulfonamides is 1. The minimum Gasteiger partial charge on any atom is -0.325 e. The number of carbonyl (C=O) groups is 1. The van der Waals surface area contributed by atoms with Gasteiger partial charge in [0.1, 0.15) is 0 Å². The lowest BCUT2D eigenvalue weighted by atomic mass is 9.98. The number of hydrogen-bond acceptors (Lipinski definition) is 6. The number of nitrogens with two attached hydrogens (primary N) is 1. The first-order valence-electron chi connectivity index (χ1n) is 8.68. The van der Waals surface area contributed by atoms with Crippen LogP contribution in [-0.4, -0.2) is 32.3 Å². The molecule has 1 aliphatic rings. The normalized spacial score (nSPS) is 17.2. The van der Waals surface area contributed by atoms with Crippen LogP contribution >= 0.6 is 22.7 Å². The molecule has 0 radical (unpaired) electrons. The van der Waals surface area contributed by atoms with Crippen molar-refractivity contribution < 1.29 is 13.2 Å². The largest absolute Gasteiger partial charge is 0.325 e. The molecule has 1 atom stereocenters. The molecular formula is C19H19N3O3S3. The molecular weight excluding hydrogens is 414 g/mol. The highest BCUT2D eigenvalue weighted by molar-refractivity contribution is 7.89. The monoisotopic (exact) mass is 433 g/mol. The maximum atomic E-state index is 12.6. The van der Waals surface area contributed by atoms with Crippen LogP contribution in [0.5, 0.6) is 0 Å². The van der Waals surface area contributed by atoms with Crippen molar-refractivity contribution in [2.24, 2.45) is 5.14 Å². The first-order chi connectivity index (χ1) is 13.4. The Morgan fingerprint density at radius 2 is 1.93 bits per heavy atom. The maximum Gasteiger partial charge on any atom is 0.238 e. The quantitative estimate of drug-likeness (QED) is 0.647. The Kier molecular flexibility index (Phi) is 5.35. The van der Waals surface area contributed by atoms with Gasteiger partial charge in [0.25, 0.3) is 0 Å². The molecule has 1 aromatic carbocycles. The van der Waals surface area contributed by atoms with Crippen LogP contribution in [0.1, 0.15) is 21.4 Å². The zero-order chi connectivity index (χ0) is 19.7. The van der Waals surface area contributed by atoms with E-state index in [9.17, 15) is 13.2 Å². The fourth-order valence-corrected chi connectivity index (χ4v) is 5.73. The molecule has 0 saturated carbocycles. The summed E-state index contributed by atoms with van der Waals surface area (Å²) in [5.74, 6) is -0.136. The molecule has 1 aliphatic heterocycles. The van der Waals surface area contributed by atoms with Gasteiger partial charge in [-0.25, -0.2) is 13.6 Å². The number of nitrogens with zero attached hydrogens (tertiary/aromatic N) is 1. The van der Waals surface area contributed by atoms with Crippen LogP contribution in [0.4, 0.5) is 5.69 Å². The number of amides is 1. The summed E-state index contributed by atoms with van der Waals surface area (Å²) in [4.78, 5) is 17.5. The minimum absolute atomic E-state index is 0.0178. The molecule has 146 valence electrons. The molecule has 28 heavy (non-hydrogen) atoms. The van der Waals surface area contributed by atoms with Gasteiger partial charge in [-0.2, -0.15) is 0 Å². The third kappa shape index (κ3) is 4.03. The average Bonchev–Trinajstić information content (AvgIpc) is 3.33. The molecule has 3 N–H and O–H groups in total. The lowest BCUT2D eigenvalue weighted by Gasteiger charge is -2.34. The summed E-state index contributed by atoms with van der Waals surface area (Å²) in [6.07, 6.45) is 0.936. The van der Waals surface area contributed by atoms with Crippen LogP contribution < -0.4 is 10.5 Å². The van der Waals surface area contributed by atoms with E-state index in [1.807, 2.05) is 6.07 Å². The molecule has 6 nitrogen and oxygen atoms in total. The summed E-state index contributed by atoms with van der Waals surface area (Å²) in [5.41, 5.74) is 1.82. The topological polar surface area (TPSA) is 92.5 Å². The van der Waals surface area contributed by atoms with E-state index in [1.165, 1.54) is 27.5 Å². The van der Waals surface area contributed by atoms with Crippen molar-refractivity contribution in [1.82, 2.24) is 4.90 Å². The number of benzene rings is 1. The minimum atomic E-state index is -3.74. The van der Waals surface area contributed by atoms with Crippen LogP contribution in [-0.2, 0) is 21.2 Å². The lowest BCUT2D eigenvalue weighted by Crippen LogP contribution is -2.40. The molecule has 3 heterocycles. The number of carbonyl (C=O) groups excluding carboxylic acids is 1. The summed E-state index contributed by atoms with van der Waals surface area (Å²) in [6, 6.07) is 12.2. The highest BCUT2D eigenvalue weighted by atomic mass is 32.2. The number of anilines is 1. The Morgan fingerprint density at radius 3 is 2.61 bits per heavy atom. The van der Waals surface area contributed by atoms with Crippen molar-refractivity contribution in [2.45, 2.75) is 17.4 Å². The fourth-order valence-electron chi connectivity index (χ4n) is 3.43. The van der Waals surface area contributed by atoms with Gasteiger partial charge >= 0.3 is 0 Å². The number of primary sulfonamides is 1. The highest BCUT2D eigenvalue weighted by Gasteiger charge is 2.31. The van der Waals surface area contributed by atoms with E-state index in [-0.39, 0.29) is 23.4 Å². The second-order valence-electron chi connectivity index (χ2n) is 6.56. The fraction of sp³-hybridized carbons (Fsp3) is 0.211. The number of hydrogen-bond donors (Lipinski definition) is 2. The van der Waals surface area contributed by atoms with Crippen molar-refractivity contribution >= 4 is 44.3 Å². The van der Waals surface area contributed by atoms with E-state index in [0.717, 1.165) is 13.0 Å². The smallest absolute Gasteiger partial charge is 0.238 e. The van der Waals surface area contributed by atoms with Crippen molar-refractivity contribution in [1.29, 1.82) is 0 Å². The maximum absolute atomic E-state index is 12.6. The third-order valence-electron chi connectivity index (χ3n) is 4.69. The van der Waals surface area contributed by atoms with Gasteiger partial charge in [-0.1, -0.05) is 6.07 Å². The molecule has 0 saturated heterocycles. The predicted molar refractivity (Wildman–Crippen MR) is 112 cm³/mol. The molecule has 0 fully saturated rings. The number of nitrogens with one attached hydrogen (secondary N) is 1. The molecule has 4 rings (SSSR count). The molecule has 1 unspecified atom stereocenters. The van der Waals surface area contributed by atoms with Crippen LogP contribution in [0, 0.1) is 0 Å². The Bertz CT molecular complexity index is 1070. The standard InChI is InChI=1S/C19H19N3O3S3/c20-28(24,25)14-5-3-13(4-6-14)21-18(23)12-22-9-7-16-15(8-11-27-16)19(22)17-2-1-10-26-17/h1-6,8,10-11,19H,7,9,12H2,(H,21,23)(H2,20,24,25). The molecule has 1 amide bonds. The summed E-state index contributed by atoms with van der Waals surface area (Å²) in [5, 5.41) is 12.1. The second kappa shape index (κ2) is 7.76. The van der Waals surface area contributed by atoms with Gasteiger partial charge in [0.05, 0.1) is 17.5 Å². The van der Waals surface area contributed by atoms with Crippen molar-refractivity contribution in [3.63, 3.8) is 0 Å². The Morgan fingerprint density at radius 1 is 1.14 bits per heavy atom. The van der Waals surface area contributed by atoms with Crippen LogP contribution in [0.15, 0.2) is 58.1 Å². The van der Waals surface area contributed by atoms with Crippen LogP contribution in [0.25, 0.3) is 0 Å². The molecule has 0 spiro atoms. The summed E-state index contributed by atoms with van der Waals surface area (Å²) in [6.45, 7) is 1.07. The van der Waals surface area contributed by atoms with Gasteiger partial charge in [0.2, 0.25) is 15.9 Å². The van der Waals surface area contributed by atoms with Gasteiger partial charge in [0, 0.05) is 22.0 Å². The van der Waals surface area contributed by atoms with E-state index in [2.05, 4.69) is 33.1 Å². The third-order valence-corrected chi connectivity index (χ3v) is 7.54. The van der Waals surface area contributed by atoms with Gasteiger partial charge < -0.3 is 5.32 Å². The second-order valence-corrected chi connectivity index (χ2v) is 10.1. The Labute approximate surface area is 171 Å². The van der Waals surface area contributed by atoms with Crippen molar-refractivity contribution in [3.05, 3.63) is 68.5 Å².